The van der Waals surface area contributed by atoms with Crippen LogP contribution in [0.4, 0.5) is 0 Å². The molecule has 0 unspecified atom stereocenters. The molecular weight excluding hydrogens is 532 g/mol. The van der Waals surface area contributed by atoms with E-state index in [2.05, 4.69) is 80.4 Å². The minimum absolute atomic E-state index is 0.140. The zero-order chi connectivity index (χ0) is 22.7. The van der Waals surface area contributed by atoms with E-state index in [1.807, 2.05) is 0 Å². The van der Waals surface area contributed by atoms with Crippen molar-refractivity contribution in [3.05, 3.63) is 68.6 Å². The van der Waals surface area contributed by atoms with Gasteiger partial charge in [-0.1, -0.05) is 139 Å². The van der Waals surface area contributed by atoms with Crippen molar-refractivity contribution in [1.29, 1.82) is 0 Å². The lowest BCUT2D eigenvalue weighted by Gasteiger charge is -2.33. The maximum absolute atomic E-state index is 3.96. The highest BCUT2D eigenvalue weighted by molar-refractivity contribution is 9.11. The first-order valence-corrected chi connectivity index (χ1v) is 14.8. The Balaban J connectivity index is 1.61. The predicted octanol–water partition coefficient (Wildman–Crippen LogP) is 11.1. The highest BCUT2D eigenvalue weighted by Gasteiger charge is 2.43. The molecule has 0 N–H and O–H groups in total. The zero-order valence-electron chi connectivity index (χ0n) is 19.8. The maximum atomic E-state index is 3.96. The van der Waals surface area contributed by atoms with Crippen LogP contribution in [0.15, 0.2) is 57.5 Å². The fraction of sp³-hybridized carbons (Fsp3) is 0.484. The minimum atomic E-state index is 0.140. The highest BCUT2D eigenvalue weighted by Crippen LogP contribution is 2.57. The summed E-state index contributed by atoms with van der Waals surface area (Å²) < 4.78 is 2.46. The molecule has 2 aliphatic rings. The van der Waals surface area contributed by atoms with Gasteiger partial charge < -0.3 is 0 Å². The highest BCUT2D eigenvalue weighted by atomic mass is 79.9. The average Bonchev–Trinajstić information content (AvgIpc) is 3.07. The first-order valence-electron chi connectivity index (χ1n) is 13.2. The third-order valence-electron chi connectivity index (χ3n) is 8.23. The second-order valence-corrected chi connectivity index (χ2v) is 12.1. The quantitative estimate of drug-likeness (QED) is 0.253. The van der Waals surface area contributed by atoms with Gasteiger partial charge in [0.1, 0.15) is 0 Å². The Kier molecular flexibility index (Phi) is 7.62. The number of rotatable bonds is 0. The van der Waals surface area contributed by atoms with E-state index in [4.69, 9.17) is 0 Å². The van der Waals surface area contributed by atoms with Gasteiger partial charge in [0.05, 0.1) is 0 Å². The van der Waals surface area contributed by atoms with Crippen molar-refractivity contribution in [2.24, 2.45) is 0 Å². The summed E-state index contributed by atoms with van der Waals surface area (Å²) in [5.74, 6) is 0. The van der Waals surface area contributed by atoms with E-state index in [1.165, 1.54) is 121 Å². The molecule has 0 aromatic heterocycles. The lowest BCUT2D eigenvalue weighted by molar-refractivity contribution is 0.399. The Morgan fingerprint density at radius 2 is 1.09 bits per heavy atom. The van der Waals surface area contributed by atoms with Gasteiger partial charge in [-0.3, -0.25) is 0 Å². The number of benzene rings is 3. The van der Waals surface area contributed by atoms with Crippen molar-refractivity contribution in [3.63, 3.8) is 0 Å². The van der Waals surface area contributed by atoms with Crippen LogP contribution in [0.1, 0.15) is 101 Å². The van der Waals surface area contributed by atoms with Crippen molar-refractivity contribution >= 4 is 42.6 Å². The van der Waals surface area contributed by atoms with Crippen LogP contribution in [-0.4, -0.2) is 0 Å². The molecule has 33 heavy (non-hydrogen) atoms. The Morgan fingerprint density at radius 3 is 1.70 bits per heavy atom. The van der Waals surface area contributed by atoms with Crippen molar-refractivity contribution in [3.8, 4) is 11.1 Å². The molecule has 1 fully saturated rings. The second kappa shape index (κ2) is 10.6. The summed E-state index contributed by atoms with van der Waals surface area (Å²) in [6, 6.07) is 18.5. The van der Waals surface area contributed by atoms with E-state index in [-0.39, 0.29) is 5.41 Å². The van der Waals surface area contributed by atoms with E-state index in [1.54, 1.807) is 11.1 Å². The number of hydrogen-bond donors (Lipinski definition) is 0. The molecule has 3 aromatic carbocycles. The monoisotopic (exact) mass is 566 g/mol. The van der Waals surface area contributed by atoms with Crippen LogP contribution >= 0.6 is 31.9 Å². The van der Waals surface area contributed by atoms with Crippen molar-refractivity contribution < 1.29 is 0 Å². The predicted molar refractivity (Wildman–Crippen MR) is 150 cm³/mol. The SMILES string of the molecule is Brc1ccc2c(c1)C1(CCCCCCCCCCCCCC1)c1cc(Br)c3ccccc3c1-2. The third-order valence-corrected chi connectivity index (χ3v) is 9.38. The Bertz CT molecular complexity index is 1100. The van der Waals surface area contributed by atoms with Gasteiger partial charge in [0.15, 0.2) is 0 Å². The topological polar surface area (TPSA) is 0 Å². The molecule has 5 rings (SSSR count). The van der Waals surface area contributed by atoms with Gasteiger partial charge in [0, 0.05) is 14.4 Å². The third kappa shape index (κ3) is 4.72. The number of fused-ring (bicyclic) bond motifs is 7. The summed E-state index contributed by atoms with van der Waals surface area (Å²) in [6.45, 7) is 0. The molecule has 3 aromatic rings. The summed E-state index contributed by atoms with van der Waals surface area (Å²) >= 11 is 7.79. The van der Waals surface area contributed by atoms with E-state index < -0.39 is 0 Å². The average molecular weight is 568 g/mol. The largest absolute Gasteiger partial charge is 0.0616 e. The van der Waals surface area contributed by atoms with E-state index in [9.17, 15) is 0 Å². The first kappa shape index (κ1) is 23.6. The molecule has 1 spiro atoms. The zero-order valence-corrected chi connectivity index (χ0v) is 22.9. The Morgan fingerprint density at radius 1 is 0.545 bits per heavy atom. The number of hydrogen-bond acceptors (Lipinski definition) is 0. The Labute approximate surface area is 216 Å². The van der Waals surface area contributed by atoms with Crippen LogP contribution < -0.4 is 0 Å². The second-order valence-electron chi connectivity index (χ2n) is 10.3. The fourth-order valence-corrected chi connectivity index (χ4v) is 7.49. The fourth-order valence-electron chi connectivity index (χ4n) is 6.56. The van der Waals surface area contributed by atoms with Gasteiger partial charge in [-0.15, -0.1) is 0 Å². The molecule has 1 saturated carbocycles. The molecule has 0 heterocycles. The van der Waals surface area contributed by atoms with Crippen molar-refractivity contribution in [2.75, 3.05) is 0 Å². The smallest absolute Gasteiger partial charge is 0.0257 e. The number of halogens is 2. The van der Waals surface area contributed by atoms with Gasteiger partial charge in [-0.25, -0.2) is 0 Å². The van der Waals surface area contributed by atoms with Crippen LogP contribution in [0.5, 0.6) is 0 Å². The first-order chi connectivity index (χ1) is 16.2. The van der Waals surface area contributed by atoms with E-state index >= 15 is 0 Å². The van der Waals surface area contributed by atoms with Crippen LogP contribution in [0.25, 0.3) is 21.9 Å². The summed E-state index contributed by atoms with van der Waals surface area (Å²) in [4.78, 5) is 0. The van der Waals surface area contributed by atoms with E-state index in [0.29, 0.717) is 0 Å². The molecule has 0 saturated heterocycles. The van der Waals surface area contributed by atoms with Crippen LogP contribution in [0.2, 0.25) is 0 Å². The normalized spacial score (nSPS) is 19.6. The summed E-state index contributed by atoms with van der Waals surface area (Å²) in [6.07, 6.45) is 19.3. The lowest BCUT2D eigenvalue weighted by Crippen LogP contribution is -2.25. The molecule has 0 amide bonds. The standard InChI is InChI=1S/C31H36Br2/c32-23-17-18-26-27(21-23)31(28-22-29(33)24-15-11-12-16-25(24)30(26)28)19-13-9-7-5-3-1-2-4-6-8-10-14-20-31/h11-12,15-18,21-22H,1-10,13-14,19-20H2. The molecule has 0 atom stereocenters. The van der Waals surface area contributed by atoms with Crippen molar-refractivity contribution in [2.45, 2.75) is 95.3 Å². The van der Waals surface area contributed by atoms with Crippen LogP contribution in [-0.2, 0) is 5.41 Å². The van der Waals surface area contributed by atoms with Crippen LogP contribution in [0.3, 0.4) is 0 Å². The van der Waals surface area contributed by atoms with Gasteiger partial charge >= 0.3 is 0 Å². The molecule has 2 heteroatoms. The van der Waals surface area contributed by atoms with E-state index in [0.717, 1.165) is 0 Å². The van der Waals surface area contributed by atoms with Crippen molar-refractivity contribution in [1.82, 2.24) is 0 Å². The summed E-state index contributed by atoms with van der Waals surface area (Å²) in [5, 5.41) is 2.73. The molecule has 174 valence electrons. The molecular formula is C31H36Br2. The molecule has 0 bridgehead atoms. The molecule has 0 aliphatic heterocycles. The minimum Gasteiger partial charge on any atom is -0.0616 e. The van der Waals surface area contributed by atoms with Gasteiger partial charge in [0.2, 0.25) is 0 Å². The van der Waals surface area contributed by atoms with Crippen LogP contribution in [0, 0.1) is 0 Å². The maximum Gasteiger partial charge on any atom is 0.0257 e. The molecule has 2 aliphatic carbocycles. The summed E-state index contributed by atoms with van der Waals surface area (Å²) in [5.41, 5.74) is 6.25. The molecule has 0 radical (unpaired) electrons. The summed E-state index contributed by atoms with van der Waals surface area (Å²) in [7, 11) is 0. The van der Waals surface area contributed by atoms with Gasteiger partial charge in [0.25, 0.3) is 0 Å². The lowest BCUT2D eigenvalue weighted by atomic mass is 9.70. The Hall–Kier alpha value is -1.12. The van der Waals surface area contributed by atoms with Gasteiger partial charge in [-0.05, 0) is 64.1 Å². The molecule has 0 nitrogen and oxygen atoms in total. The van der Waals surface area contributed by atoms with Gasteiger partial charge in [-0.2, -0.15) is 0 Å².